The normalized spacial score (nSPS) is 26.3. The first kappa shape index (κ1) is 37.3. The van der Waals surface area contributed by atoms with Gasteiger partial charge < -0.3 is 33.2 Å². The Morgan fingerprint density at radius 3 is 1.81 bits per heavy atom. The van der Waals surface area contributed by atoms with E-state index >= 15 is 0 Å². The summed E-state index contributed by atoms with van der Waals surface area (Å²) in [7, 11) is 1.61. The van der Waals surface area contributed by atoms with Crippen LogP contribution in [-0.4, -0.2) is 68.9 Å². The molecule has 3 aromatic rings. The van der Waals surface area contributed by atoms with Crippen LogP contribution in [0.15, 0.2) is 96.6 Å². The molecule has 1 saturated carbocycles. The summed E-state index contributed by atoms with van der Waals surface area (Å²) >= 11 is 0. The lowest BCUT2D eigenvalue weighted by atomic mass is 9.49. The summed E-state index contributed by atoms with van der Waals surface area (Å²) in [4.78, 5) is 37.7. The number of carbonyl (C=O) groups excluding carboxylic acids is 3. The standard InChI is InChI=1S/C42H48O10/c1-26(43)49-37-36(25-48-42(30-13-9-7-10-14-30,31-15-11-8-12-16-31)32-19-21-34(46-6)22-20-32)52-40(39(51-28(3)45)38(37)50-27(2)44)47-24-29-17-18-33-23-35(29)41(33,4)5/h7-17,19-22,33,35-40H,18,23-25H2,1-6H3/t33-,35-,36+,37+,38-,39+,40+/m0/s1. The Kier molecular flexibility index (Phi) is 11.2. The third-order valence-electron chi connectivity index (χ3n) is 10.8. The van der Waals surface area contributed by atoms with Gasteiger partial charge >= 0.3 is 17.9 Å². The lowest BCUT2D eigenvalue weighted by Gasteiger charge is -2.56. The Balaban J connectivity index is 1.40. The Morgan fingerprint density at radius 2 is 1.29 bits per heavy atom. The predicted molar refractivity (Wildman–Crippen MR) is 191 cm³/mol. The largest absolute Gasteiger partial charge is 0.497 e. The van der Waals surface area contributed by atoms with Crippen LogP contribution in [0.2, 0.25) is 0 Å². The molecule has 2 bridgehead atoms. The van der Waals surface area contributed by atoms with E-state index in [1.165, 1.54) is 20.8 Å². The summed E-state index contributed by atoms with van der Waals surface area (Å²) in [5, 5.41) is 0. The molecule has 0 aromatic heterocycles. The fraction of sp³-hybridized carbons (Fsp3) is 0.452. The molecule has 2 fully saturated rings. The Labute approximate surface area is 305 Å². The van der Waals surface area contributed by atoms with Gasteiger partial charge in [-0.2, -0.15) is 0 Å². The highest BCUT2D eigenvalue weighted by molar-refractivity contribution is 5.68. The summed E-state index contributed by atoms with van der Waals surface area (Å²) in [5.41, 5.74) is 2.60. The average molecular weight is 713 g/mol. The smallest absolute Gasteiger partial charge is 0.303 e. The van der Waals surface area contributed by atoms with Gasteiger partial charge in [-0.05, 0) is 64.5 Å². The molecule has 0 unspecified atom stereocenters. The van der Waals surface area contributed by atoms with Crippen LogP contribution in [0.25, 0.3) is 0 Å². The van der Waals surface area contributed by atoms with Gasteiger partial charge in [-0.25, -0.2) is 0 Å². The lowest BCUT2D eigenvalue weighted by molar-refractivity contribution is -0.310. The summed E-state index contributed by atoms with van der Waals surface area (Å²) in [6, 6.07) is 27.2. The molecular formula is C42H48O10. The summed E-state index contributed by atoms with van der Waals surface area (Å²) < 4.78 is 43.0. The van der Waals surface area contributed by atoms with Crippen LogP contribution in [0, 0.1) is 17.3 Å². The molecule has 3 aromatic carbocycles. The third kappa shape index (κ3) is 7.51. The summed E-state index contributed by atoms with van der Waals surface area (Å²) in [6.45, 7) is 8.38. The maximum atomic E-state index is 12.6. The van der Waals surface area contributed by atoms with Crippen molar-refractivity contribution in [1.29, 1.82) is 0 Å². The molecule has 0 N–H and O–H groups in total. The van der Waals surface area contributed by atoms with Crippen LogP contribution in [0.4, 0.5) is 0 Å². The number of hydrogen-bond donors (Lipinski definition) is 0. The fourth-order valence-electron chi connectivity index (χ4n) is 8.07. The quantitative estimate of drug-likeness (QED) is 0.0838. The fourth-order valence-corrected chi connectivity index (χ4v) is 8.07. The van der Waals surface area contributed by atoms with Crippen molar-refractivity contribution >= 4 is 17.9 Å². The number of carbonyl (C=O) groups is 3. The number of benzene rings is 3. The summed E-state index contributed by atoms with van der Waals surface area (Å²) in [5.74, 6) is -0.251. The van der Waals surface area contributed by atoms with E-state index in [0.717, 1.165) is 35.1 Å². The molecule has 7 atom stereocenters. The molecule has 7 rings (SSSR count). The molecule has 0 spiro atoms. The van der Waals surface area contributed by atoms with Gasteiger partial charge in [-0.15, -0.1) is 0 Å². The predicted octanol–water partition coefficient (Wildman–Crippen LogP) is 6.53. The molecule has 0 radical (unpaired) electrons. The van der Waals surface area contributed by atoms with Gasteiger partial charge in [0.1, 0.15) is 17.5 Å². The van der Waals surface area contributed by atoms with Gasteiger partial charge in [0.15, 0.2) is 24.6 Å². The molecule has 0 amide bonds. The maximum absolute atomic E-state index is 12.6. The minimum atomic E-state index is -1.26. The monoisotopic (exact) mass is 712 g/mol. The van der Waals surface area contributed by atoms with E-state index in [1.54, 1.807) is 7.11 Å². The number of rotatable bonds is 13. The number of allylic oxidation sites excluding steroid dienone is 1. The molecule has 1 heterocycles. The highest BCUT2D eigenvalue weighted by Crippen LogP contribution is 2.59. The lowest BCUT2D eigenvalue weighted by Crippen LogP contribution is -2.63. The Hall–Kier alpha value is -4.51. The van der Waals surface area contributed by atoms with Crippen LogP contribution in [0.1, 0.15) is 64.2 Å². The van der Waals surface area contributed by atoms with E-state index < -0.39 is 54.2 Å². The van der Waals surface area contributed by atoms with Crippen LogP contribution in [0.5, 0.6) is 5.75 Å². The minimum absolute atomic E-state index is 0.155. The second-order valence-corrected chi connectivity index (χ2v) is 14.4. The molecule has 4 aliphatic rings. The van der Waals surface area contributed by atoms with Gasteiger partial charge in [0.25, 0.3) is 0 Å². The first-order valence-electron chi connectivity index (χ1n) is 17.8. The zero-order chi connectivity index (χ0) is 37.0. The number of methoxy groups -OCH3 is 1. The first-order valence-corrected chi connectivity index (χ1v) is 17.8. The maximum Gasteiger partial charge on any atom is 0.303 e. The van der Waals surface area contributed by atoms with Crippen molar-refractivity contribution < 1.29 is 47.5 Å². The van der Waals surface area contributed by atoms with Crippen molar-refractivity contribution in [3.63, 3.8) is 0 Å². The van der Waals surface area contributed by atoms with E-state index in [0.29, 0.717) is 17.6 Å². The number of esters is 3. The number of ether oxygens (including phenoxy) is 7. The first-order chi connectivity index (χ1) is 24.9. The van der Waals surface area contributed by atoms with Crippen LogP contribution >= 0.6 is 0 Å². The second-order valence-electron chi connectivity index (χ2n) is 14.4. The molecule has 10 heteroatoms. The third-order valence-corrected chi connectivity index (χ3v) is 10.8. The van der Waals surface area contributed by atoms with Gasteiger partial charge in [0.2, 0.25) is 0 Å². The van der Waals surface area contributed by atoms with Crippen molar-refractivity contribution in [3.05, 3.63) is 113 Å². The van der Waals surface area contributed by atoms with Gasteiger partial charge in [-0.3, -0.25) is 14.4 Å². The number of fused-ring (bicyclic) bond motifs is 1. The zero-order valence-corrected chi connectivity index (χ0v) is 30.6. The van der Waals surface area contributed by atoms with E-state index in [9.17, 15) is 14.4 Å². The minimum Gasteiger partial charge on any atom is -0.497 e. The van der Waals surface area contributed by atoms with Gasteiger partial charge in [0.05, 0.1) is 20.3 Å². The van der Waals surface area contributed by atoms with Crippen LogP contribution < -0.4 is 4.74 Å². The topological polar surface area (TPSA) is 116 Å². The highest BCUT2D eigenvalue weighted by atomic mass is 16.7. The van der Waals surface area contributed by atoms with E-state index in [2.05, 4.69) is 19.9 Å². The number of hydrogen-bond acceptors (Lipinski definition) is 10. The SMILES string of the molecule is COc1ccc(C(OC[C@H]2O[C@@H](OCC3=CC[C@H]4C[C@@H]3C4(C)C)[C@H](OC(C)=O)[C@@H](OC(C)=O)[C@@H]2OC(C)=O)(c2ccccc2)c2ccccc2)cc1. The van der Waals surface area contributed by atoms with E-state index in [-0.39, 0.29) is 18.6 Å². The Bertz CT molecular complexity index is 1700. The highest BCUT2D eigenvalue weighted by Gasteiger charge is 2.55. The van der Waals surface area contributed by atoms with Crippen molar-refractivity contribution in [2.45, 2.75) is 83.8 Å². The van der Waals surface area contributed by atoms with E-state index in [1.807, 2.05) is 84.9 Å². The van der Waals surface area contributed by atoms with E-state index in [4.69, 9.17) is 33.2 Å². The zero-order valence-electron chi connectivity index (χ0n) is 30.6. The van der Waals surface area contributed by atoms with Crippen molar-refractivity contribution in [3.8, 4) is 5.75 Å². The van der Waals surface area contributed by atoms with Gasteiger partial charge in [-0.1, -0.05) is 92.7 Å². The molecule has 10 nitrogen and oxygen atoms in total. The molecule has 1 aliphatic heterocycles. The van der Waals surface area contributed by atoms with Crippen molar-refractivity contribution in [1.82, 2.24) is 0 Å². The molecule has 276 valence electrons. The molecule has 52 heavy (non-hydrogen) atoms. The molecule has 3 aliphatic carbocycles. The second kappa shape index (κ2) is 15.6. The van der Waals surface area contributed by atoms with Crippen LogP contribution in [0.3, 0.4) is 0 Å². The average Bonchev–Trinajstić information content (AvgIpc) is 3.14. The Morgan fingerprint density at radius 1 is 0.750 bits per heavy atom. The van der Waals surface area contributed by atoms with Crippen molar-refractivity contribution in [2.24, 2.45) is 17.3 Å². The van der Waals surface area contributed by atoms with Gasteiger partial charge in [0, 0.05) is 20.8 Å². The molecular weight excluding hydrogens is 664 g/mol. The van der Waals surface area contributed by atoms with Crippen LogP contribution in [-0.2, 0) is 48.4 Å². The molecule has 1 saturated heterocycles. The van der Waals surface area contributed by atoms with Crippen molar-refractivity contribution in [2.75, 3.05) is 20.3 Å². The summed E-state index contributed by atoms with van der Waals surface area (Å²) in [6.07, 6.45) is -1.63.